The number of imide groups is 2. The molecule has 2 aromatic carbocycles. The number of fused-ring (bicyclic) bond motifs is 4. The second-order valence-corrected chi connectivity index (χ2v) is 8.70. The Kier molecular flexibility index (Phi) is 4.71. The van der Waals surface area contributed by atoms with Gasteiger partial charge in [0, 0.05) is 30.8 Å². The molecule has 3 aliphatic rings. The second-order valence-electron chi connectivity index (χ2n) is 8.70. The molecule has 0 unspecified atom stereocenters. The van der Waals surface area contributed by atoms with Crippen molar-refractivity contribution in [1.82, 2.24) is 5.32 Å². The predicted molar refractivity (Wildman–Crippen MR) is 118 cm³/mol. The molecule has 4 amide bonds. The van der Waals surface area contributed by atoms with Crippen LogP contribution in [0.5, 0.6) is 0 Å². The molecule has 10 nitrogen and oxygen atoms in total. The van der Waals surface area contributed by atoms with E-state index in [2.05, 4.69) is 5.32 Å². The first-order valence-corrected chi connectivity index (χ1v) is 10.7. The van der Waals surface area contributed by atoms with Crippen molar-refractivity contribution in [3.05, 3.63) is 64.2 Å². The highest BCUT2D eigenvalue weighted by atomic mass is 16.6. The van der Waals surface area contributed by atoms with Gasteiger partial charge in [-0.15, -0.1) is 0 Å². The molecular formula is C23H22N4O6. The molecule has 5 rings (SSSR count). The monoisotopic (exact) mass is 450 g/mol. The number of barbiturate groups is 1. The second kappa shape index (κ2) is 7.38. The molecule has 2 fully saturated rings. The lowest BCUT2D eigenvalue weighted by molar-refractivity contribution is -0.384. The number of amides is 4. The minimum Gasteiger partial charge on any atom is -0.372 e. The van der Waals surface area contributed by atoms with E-state index in [9.17, 15) is 24.5 Å². The van der Waals surface area contributed by atoms with Crippen molar-refractivity contribution < 1.29 is 24.0 Å². The number of nitro benzene ring substituents is 1. The smallest absolute Gasteiger partial charge is 0.335 e. The van der Waals surface area contributed by atoms with Gasteiger partial charge >= 0.3 is 6.03 Å². The SMILES string of the molecule is C[C@@H]1CN2c3ccc([N+](=O)[O-])cc3C[C@]3(C(=O)NC(=O)N(c4ccccc4)C3=O)[C@H]2[C@H](C)O1. The fraction of sp³-hybridized carbons (Fsp3) is 0.348. The highest BCUT2D eigenvalue weighted by molar-refractivity contribution is 6.30. The number of rotatable bonds is 2. The van der Waals surface area contributed by atoms with Crippen LogP contribution in [0, 0.1) is 15.5 Å². The van der Waals surface area contributed by atoms with Gasteiger partial charge in [-0.1, -0.05) is 18.2 Å². The fourth-order valence-corrected chi connectivity index (χ4v) is 5.44. The molecule has 2 aromatic rings. The lowest BCUT2D eigenvalue weighted by Crippen LogP contribution is -2.76. The Hall–Kier alpha value is -3.79. The number of nitrogens with zero attached hydrogens (tertiary/aromatic N) is 3. The summed E-state index contributed by atoms with van der Waals surface area (Å²) in [6, 6.07) is 11.3. The third kappa shape index (κ3) is 3.01. The zero-order chi connectivity index (χ0) is 23.5. The summed E-state index contributed by atoms with van der Waals surface area (Å²) >= 11 is 0. The van der Waals surface area contributed by atoms with Crippen LogP contribution in [0.4, 0.5) is 21.9 Å². The molecule has 33 heavy (non-hydrogen) atoms. The Morgan fingerprint density at radius 2 is 1.85 bits per heavy atom. The van der Waals surface area contributed by atoms with Crippen LogP contribution in [-0.2, 0) is 20.7 Å². The Balaban J connectivity index is 1.71. The molecule has 0 aliphatic carbocycles. The Morgan fingerprint density at radius 3 is 2.55 bits per heavy atom. The lowest BCUT2D eigenvalue weighted by Gasteiger charge is -2.56. The number of morpholine rings is 1. The summed E-state index contributed by atoms with van der Waals surface area (Å²) in [5.41, 5.74) is -0.266. The fourth-order valence-electron chi connectivity index (χ4n) is 5.44. The van der Waals surface area contributed by atoms with Gasteiger partial charge in [0.15, 0.2) is 5.41 Å². The van der Waals surface area contributed by atoms with Crippen LogP contribution in [0.15, 0.2) is 48.5 Å². The van der Waals surface area contributed by atoms with E-state index < -0.39 is 40.3 Å². The van der Waals surface area contributed by atoms with E-state index in [-0.39, 0.29) is 18.2 Å². The highest BCUT2D eigenvalue weighted by Crippen LogP contribution is 2.48. The van der Waals surface area contributed by atoms with Gasteiger partial charge in [0.1, 0.15) is 0 Å². The average Bonchev–Trinajstić information content (AvgIpc) is 2.77. The first kappa shape index (κ1) is 21.1. The van der Waals surface area contributed by atoms with Crippen molar-refractivity contribution in [3.63, 3.8) is 0 Å². The molecule has 10 heteroatoms. The van der Waals surface area contributed by atoms with E-state index in [0.29, 0.717) is 17.8 Å². The van der Waals surface area contributed by atoms with Crippen molar-refractivity contribution in [2.75, 3.05) is 16.3 Å². The zero-order valence-corrected chi connectivity index (χ0v) is 18.1. The van der Waals surface area contributed by atoms with Crippen LogP contribution in [0.25, 0.3) is 0 Å². The van der Waals surface area contributed by atoms with Crippen LogP contribution < -0.4 is 15.1 Å². The Bertz CT molecular complexity index is 1180. The first-order valence-electron chi connectivity index (χ1n) is 10.7. The number of nitrogens with one attached hydrogen (secondary N) is 1. The maximum atomic E-state index is 14.1. The van der Waals surface area contributed by atoms with Gasteiger partial charge in [0.05, 0.1) is 28.9 Å². The van der Waals surface area contributed by atoms with Crippen LogP contribution in [0.2, 0.25) is 0 Å². The van der Waals surface area contributed by atoms with Crippen molar-refractivity contribution in [1.29, 1.82) is 0 Å². The number of urea groups is 1. The van der Waals surface area contributed by atoms with E-state index in [4.69, 9.17) is 4.74 Å². The van der Waals surface area contributed by atoms with E-state index in [0.717, 1.165) is 10.6 Å². The molecule has 0 bridgehead atoms. The van der Waals surface area contributed by atoms with E-state index in [1.807, 2.05) is 11.8 Å². The summed E-state index contributed by atoms with van der Waals surface area (Å²) in [5.74, 6) is -1.39. The maximum absolute atomic E-state index is 14.1. The molecule has 3 heterocycles. The van der Waals surface area contributed by atoms with Crippen LogP contribution in [0.1, 0.15) is 19.4 Å². The molecule has 1 N–H and O–H groups in total. The maximum Gasteiger partial charge on any atom is 0.335 e. The summed E-state index contributed by atoms with van der Waals surface area (Å²) < 4.78 is 6.04. The summed E-state index contributed by atoms with van der Waals surface area (Å²) in [6.07, 6.45) is -0.796. The van der Waals surface area contributed by atoms with Gasteiger partial charge in [-0.2, -0.15) is 0 Å². The topological polar surface area (TPSA) is 122 Å². The number of carbonyl (C=O) groups excluding carboxylic acids is 3. The van der Waals surface area contributed by atoms with E-state index in [1.165, 1.54) is 12.1 Å². The number of hydrogen-bond acceptors (Lipinski definition) is 7. The summed E-state index contributed by atoms with van der Waals surface area (Å²) in [7, 11) is 0. The molecule has 1 spiro atoms. The molecule has 0 aromatic heterocycles. The van der Waals surface area contributed by atoms with Crippen LogP contribution in [-0.4, -0.2) is 47.6 Å². The number of non-ortho nitro benzene ring substituents is 1. The molecule has 0 radical (unpaired) electrons. The quantitative estimate of drug-likeness (QED) is 0.423. The standard InChI is InChI=1S/C23H22N4O6/c1-13-12-25-18-9-8-17(27(31)32)10-15(18)11-23(19(25)14(2)33-13)20(28)24-22(30)26(21(23)29)16-6-4-3-5-7-16/h3-10,13-14,19H,11-12H2,1-2H3,(H,24,28,30)/t13-,14+,19-,23-/m1/s1. The van der Waals surface area contributed by atoms with Crippen molar-refractivity contribution in [2.45, 2.75) is 38.5 Å². The molecule has 2 saturated heterocycles. The Morgan fingerprint density at radius 1 is 1.12 bits per heavy atom. The van der Waals surface area contributed by atoms with E-state index in [1.54, 1.807) is 43.3 Å². The van der Waals surface area contributed by atoms with Gasteiger partial charge in [-0.05, 0) is 37.6 Å². The van der Waals surface area contributed by atoms with Crippen LogP contribution in [0.3, 0.4) is 0 Å². The van der Waals surface area contributed by atoms with Gasteiger partial charge in [0.25, 0.3) is 11.6 Å². The van der Waals surface area contributed by atoms with Crippen LogP contribution >= 0.6 is 0 Å². The summed E-state index contributed by atoms with van der Waals surface area (Å²) in [6.45, 7) is 4.08. The van der Waals surface area contributed by atoms with Crippen molar-refractivity contribution in [3.8, 4) is 0 Å². The normalized spacial score (nSPS) is 28.9. The van der Waals surface area contributed by atoms with Gasteiger partial charge in [0.2, 0.25) is 5.91 Å². The molecule has 3 aliphatic heterocycles. The van der Waals surface area contributed by atoms with Crippen molar-refractivity contribution in [2.24, 2.45) is 5.41 Å². The number of hydrogen-bond donors (Lipinski definition) is 1. The molecule has 4 atom stereocenters. The highest BCUT2D eigenvalue weighted by Gasteiger charge is 2.65. The summed E-state index contributed by atoms with van der Waals surface area (Å²) in [4.78, 5) is 54.1. The number of benzene rings is 2. The van der Waals surface area contributed by atoms with Gasteiger partial charge < -0.3 is 9.64 Å². The number of anilines is 2. The zero-order valence-electron chi connectivity index (χ0n) is 18.1. The molecular weight excluding hydrogens is 428 g/mol. The number of carbonyl (C=O) groups is 3. The minimum atomic E-state index is -1.70. The number of ether oxygens (including phenoxy) is 1. The lowest BCUT2D eigenvalue weighted by atomic mass is 9.66. The van der Waals surface area contributed by atoms with Gasteiger partial charge in [-0.25, -0.2) is 9.69 Å². The molecule has 0 saturated carbocycles. The largest absolute Gasteiger partial charge is 0.372 e. The first-order chi connectivity index (χ1) is 15.7. The predicted octanol–water partition coefficient (Wildman–Crippen LogP) is 2.40. The average molecular weight is 450 g/mol. The van der Waals surface area contributed by atoms with Crippen molar-refractivity contribution >= 4 is 34.9 Å². The third-order valence-electron chi connectivity index (χ3n) is 6.67. The summed E-state index contributed by atoms with van der Waals surface area (Å²) in [5, 5.41) is 13.8. The minimum absolute atomic E-state index is 0.0887. The Labute approximate surface area is 189 Å². The third-order valence-corrected chi connectivity index (χ3v) is 6.67. The van der Waals surface area contributed by atoms with E-state index >= 15 is 0 Å². The number of nitro groups is 1. The number of para-hydroxylation sites is 1. The van der Waals surface area contributed by atoms with Gasteiger partial charge in [-0.3, -0.25) is 25.0 Å². The molecule has 170 valence electrons.